The van der Waals surface area contributed by atoms with E-state index in [4.69, 9.17) is 0 Å². The molecular weight excluding hydrogens is 372 g/mol. The van der Waals surface area contributed by atoms with Crippen molar-refractivity contribution in [3.05, 3.63) is 60.2 Å². The zero-order valence-corrected chi connectivity index (χ0v) is 17.1. The largest absolute Gasteiger partial charge is 0.396 e. The van der Waals surface area contributed by atoms with Crippen LogP contribution in [0, 0.1) is 0 Å². The Morgan fingerprint density at radius 1 is 0.964 bits per heavy atom. The third kappa shape index (κ3) is 3.49. The molecule has 0 bridgehead atoms. The molecule has 1 aromatic heterocycles. The quantitative estimate of drug-likeness (QED) is 0.457. The molecular formula is C23H27ClN2O2. The first-order valence-electron chi connectivity index (χ1n) is 9.42. The minimum atomic E-state index is -0.477. The summed E-state index contributed by atoms with van der Waals surface area (Å²) in [5.41, 5.74) is 3.13. The molecule has 0 aliphatic carbocycles. The van der Waals surface area contributed by atoms with E-state index in [0.717, 1.165) is 0 Å². The molecule has 0 amide bonds. The Kier molecular flexibility index (Phi) is 5.96. The Bertz CT molecular complexity index is 1120. The fraction of sp³-hybridized carbons (Fsp3) is 0.304. The molecule has 1 atom stereocenters. The lowest BCUT2D eigenvalue weighted by Crippen LogP contribution is -2.45. The number of hydrogen-bond acceptors (Lipinski definition) is 3. The Balaban J connectivity index is 0.00000225. The highest BCUT2D eigenvalue weighted by Crippen LogP contribution is 2.34. The van der Waals surface area contributed by atoms with E-state index in [-0.39, 0.29) is 25.6 Å². The Morgan fingerprint density at radius 3 is 2.46 bits per heavy atom. The smallest absolute Gasteiger partial charge is 0.0611 e. The minimum Gasteiger partial charge on any atom is -0.396 e. The number of aromatic nitrogens is 1. The van der Waals surface area contributed by atoms with E-state index in [1.165, 1.54) is 38.1 Å². The third-order valence-electron chi connectivity index (χ3n) is 5.69. The lowest BCUT2D eigenvalue weighted by molar-refractivity contribution is 0.137. The maximum Gasteiger partial charge on any atom is 0.0611 e. The van der Waals surface area contributed by atoms with E-state index < -0.39 is 5.54 Å². The van der Waals surface area contributed by atoms with Crippen molar-refractivity contribution in [2.45, 2.75) is 25.4 Å². The molecule has 3 N–H and O–H groups in total. The molecule has 1 unspecified atom stereocenters. The molecule has 0 saturated carbocycles. The van der Waals surface area contributed by atoms with E-state index in [2.05, 4.69) is 71.5 Å². The number of fused-ring (bicyclic) bond motifs is 5. The molecule has 4 nitrogen and oxygen atoms in total. The average molecular weight is 399 g/mol. The minimum absolute atomic E-state index is 0. The predicted molar refractivity (Wildman–Crippen MR) is 119 cm³/mol. The van der Waals surface area contributed by atoms with E-state index in [0.29, 0.717) is 13.0 Å². The van der Waals surface area contributed by atoms with Gasteiger partial charge in [-0.25, -0.2) is 0 Å². The summed E-state index contributed by atoms with van der Waals surface area (Å²) < 4.78 is 2.25. The number of halogens is 1. The Hall–Kier alpha value is -2.11. The summed E-state index contributed by atoms with van der Waals surface area (Å²) >= 11 is 0. The van der Waals surface area contributed by atoms with Gasteiger partial charge in [-0.3, -0.25) is 0 Å². The molecule has 4 rings (SSSR count). The van der Waals surface area contributed by atoms with Crippen molar-refractivity contribution in [1.29, 1.82) is 0 Å². The second-order valence-electron chi connectivity index (χ2n) is 7.64. The van der Waals surface area contributed by atoms with Gasteiger partial charge in [0, 0.05) is 47.5 Å². The molecule has 4 aromatic rings. The zero-order valence-electron chi connectivity index (χ0n) is 16.3. The summed E-state index contributed by atoms with van der Waals surface area (Å²) in [4.78, 5) is 0. The van der Waals surface area contributed by atoms with Crippen LogP contribution in [0.2, 0.25) is 0 Å². The molecule has 0 spiro atoms. The van der Waals surface area contributed by atoms with Crippen molar-refractivity contribution in [2.75, 3.05) is 13.2 Å². The molecule has 0 saturated heterocycles. The average Bonchev–Trinajstić information content (AvgIpc) is 2.99. The van der Waals surface area contributed by atoms with Gasteiger partial charge in [-0.05, 0) is 47.9 Å². The van der Waals surface area contributed by atoms with Crippen molar-refractivity contribution >= 4 is 45.0 Å². The van der Waals surface area contributed by atoms with Crippen molar-refractivity contribution < 1.29 is 10.2 Å². The molecule has 0 radical (unpaired) electrons. The first-order chi connectivity index (χ1) is 13.1. The number of nitrogens with zero attached hydrogens (tertiary/aromatic N) is 1. The van der Waals surface area contributed by atoms with Gasteiger partial charge in [0.2, 0.25) is 0 Å². The van der Waals surface area contributed by atoms with Gasteiger partial charge in [0.1, 0.15) is 0 Å². The fourth-order valence-electron chi connectivity index (χ4n) is 3.92. The van der Waals surface area contributed by atoms with Crippen LogP contribution in [0.1, 0.15) is 18.9 Å². The number of aliphatic hydroxyl groups excluding tert-OH is 2. The second-order valence-corrected chi connectivity index (χ2v) is 7.64. The van der Waals surface area contributed by atoms with Crippen LogP contribution in [0.4, 0.5) is 0 Å². The van der Waals surface area contributed by atoms with Gasteiger partial charge in [0.15, 0.2) is 0 Å². The van der Waals surface area contributed by atoms with Crippen molar-refractivity contribution in [3.63, 3.8) is 0 Å². The molecule has 1 heterocycles. The van der Waals surface area contributed by atoms with Crippen LogP contribution in [0.5, 0.6) is 0 Å². The predicted octanol–water partition coefficient (Wildman–Crippen LogP) is 4.13. The first kappa shape index (κ1) is 20.6. The highest BCUT2D eigenvalue weighted by molar-refractivity contribution is 6.20. The fourth-order valence-corrected chi connectivity index (χ4v) is 3.92. The van der Waals surface area contributed by atoms with Gasteiger partial charge < -0.3 is 20.1 Å². The standard InChI is InChI=1S/C23H26N2O2.ClH/c1-23(15-27,11-12-26)24-14-16-7-9-20-19(13-16)22-18-6-4-3-5-17(18)8-10-21(22)25(20)2;/h3-10,13,24,26-27H,11-12,14-15H2,1-2H3;1H. The highest BCUT2D eigenvalue weighted by Gasteiger charge is 2.22. The summed E-state index contributed by atoms with van der Waals surface area (Å²) in [7, 11) is 2.11. The first-order valence-corrected chi connectivity index (χ1v) is 9.42. The summed E-state index contributed by atoms with van der Waals surface area (Å²) in [6, 6.07) is 19.4. The van der Waals surface area contributed by atoms with E-state index in [1.54, 1.807) is 0 Å². The third-order valence-corrected chi connectivity index (χ3v) is 5.69. The van der Waals surface area contributed by atoms with Crippen LogP contribution >= 0.6 is 12.4 Å². The number of hydrogen-bond donors (Lipinski definition) is 3. The molecule has 3 aromatic carbocycles. The Labute approximate surface area is 171 Å². The number of aryl methyl sites for hydroxylation is 1. The lowest BCUT2D eigenvalue weighted by Gasteiger charge is -2.28. The van der Waals surface area contributed by atoms with E-state index in [9.17, 15) is 10.2 Å². The van der Waals surface area contributed by atoms with Crippen LogP contribution < -0.4 is 5.32 Å². The van der Waals surface area contributed by atoms with E-state index in [1.807, 2.05) is 6.92 Å². The molecule has 28 heavy (non-hydrogen) atoms. The van der Waals surface area contributed by atoms with Crippen LogP contribution in [0.3, 0.4) is 0 Å². The molecule has 0 aliphatic rings. The summed E-state index contributed by atoms with van der Waals surface area (Å²) in [5, 5.41) is 27.3. The lowest BCUT2D eigenvalue weighted by atomic mass is 9.98. The van der Waals surface area contributed by atoms with E-state index >= 15 is 0 Å². The summed E-state index contributed by atoms with van der Waals surface area (Å²) in [5.74, 6) is 0. The van der Waals surface area contributed by atoms with Gasteiger partial charge in [-0.2, -0.15) is 0 Å². The van der Waals surface area contributed by atoms with Crippen LogP contribution in [-0.2, 0) is 13.6 Å². The molecule has 5 heteroatoms. The maximum atomic E-state index is 9.65. The molecule has 148 valence electrons. The van der Waals surface area contributed by atoms with Crippen molar-refractivity contribution in [2.24, 2.45) is 7.05 Å². The monoisotopic (exact) mass is 398 g/mol. The zero-order chi connectivity index (χ0) is 19.0. The van der Waals surface area contributed by atoms with Crippen LogP contribution in [-0.4, -0.2) is 33.5 Å². The van der Waals surface area contributed by atoms with Gasteiger partial charge in [-0.1, -0.05) is 36.4 Å². The number of aliphatic hydroxyl groups is 2. The normalized spacial score (nSPS) is 13.7. The SMILES string of the molecule is Cl.Cn1c2ccc(CNC(C)(CO)CCO)cc2c2c3ccccc3ccc21. The van der Waals surface area contributed by atoms with Crippen molar-refractivity contribution in [3.8, 4) is 0 Å². The van der Waals surface area contributed by atoms with Crippen LogP contribution in [0.15, 0.2) is 54.6 Å². The highest BCUT2D eigenvalue weighted by atomic mass is 35.5. The van der Waals surface area contributed by atoms with Crippen LogP contribution in [0.25, 0.3) is 32.6 Å². The van der Waals surface area contributed by atoms with Gasteiger partial charge in [0.05, 0.1) is 6.61 Å². The van der Waals surface area contributed by atoms with Gasteiger partial charge >= 0.3 is 0 Å². The van der Waals surface area contributed by atoms with Gasteiger partial charge in [0.25, 0.3) is 0 Å². The second kappa shape index (κ2) is 8.10. The Morgan fingerprint density at radius 2 is 1.71 bits per heavy atom. The number of rotatable bonds is 6. The number of benzene rings is 3. The topological polar surface area (TPSA) is 57.4 Å². The van der Waals surface area contributed by atoms with Crippen molar-refractivity contribution in [1.82, 2.24) is 9.88 Å². The summed E-state index contributed by atoms with van der Waals surface area (Å²) in [6.45, 7) is 2.63. The maximum absolute atomic E-state index is 9.65. The molecule has 0 fully saturated rings. The van der Waals surface area contributed by atoms with Gasteiger partial charge in [-0.15, -0.1) is 12.4 Å². The summed E-state index contributed by atoms with van der Waals surface area (Å²) in [6.07, 6.45) is 0.519. The number of nitrogens with one attached hydrogen (secondary N) is 1. The molecule has 0 aliphatic heterocycles.